The van der Waals surface area contributed by atoms with Crippen LogP contribution in [0.4, 0.5) is 8.78 Å². The van der Waals surface area contributed by atoms with Crippen LogP contribution in [-0.4, -0.2) is 15.7 Å². The fraction of sp³-hybridized carbons (Fsp3) is 0.0870. The Morgan fingerprint density at radius 1 is 0.900 bits per heavy atom. The second kappa shape index (κ2) is 8.24. The molecule has 0 saturated heterocycles. The van der Waals surface area contributed by atoms with Gasteiger partial charge in [-0.05, 0) is 29.0 Å². The van der Waals surface area contributed by atoms with E-state index in [2.05, 4.69) is 10.4 Å². The second-order valence-electron chi connectivity index (χ2n) is 6.72. The predicted molar refractivity (Wildman–Crippen MR) is 110 cm³/mol. The molecule has 1 heterocycles. The Labute approximate surface area is 170 Å². The van der Waals surface area contributed by atoms with Gasteiger partial charge in [0.05, 0.1) is 5.69 Å². The van der Waals surface area contributed by atoms with Gasteiger partial charge in [0.2, 0.25) is 5.91 Å². The largest absolute Gasteiger partial charge is 0.350 e. The number of carbonyl (C=O) groups is 1. The molecule has 5 nitrogen and oxygen atoms in total. The maximum Gasteiger partial charge on any atom is 0.267 e. The van der Waals surface area contributed by atoms with Gasteiger partial charge in [-0.2, -0.15) is 5.10 Å². The topological polar surface area (TPSA) is 64.0 Å². The van der Waals surface area contributed by atoms with Crippen LogP contribution in [0.3, 0.4) is 0 Å². The molecule has 0 aliphatic heterocycles. The molecule has 7 heteroatoms. The number of carbonyl (C=O) groups excluding carboxylic acids is 1. The first-order valence-electron chi connectivity index (χ1n) is 9.29. The van der Waals surface area contributed by atoms with Gasteiger partial charge in [0.15, 0.2) is 0 Å². The van der Waals surface area contributed by atoms with Gasteiger partial charge in [0, 0.05) is 23.7 Å². The highest BCUT2D eigenvalue weighted by Gasteiger charge is 2.12. The zero-order valence-electron chi connectivity index (χ0n) is 15.8. The van der Waals surface area contributed by atoms with Crippen LogP contribution in [0.15, 0.2) is 77.6 Å². The van der Waals surface area contributed by atoms with E-state index in [9.17, 15) is 18.4 Å². The number of hydrogen-bond acceptors (Lipinski definition) is 3. The summed E-state index contributed by atoms with van der Waals surface area (Å²) in [7, 11) is 0. The summed E-state index contributed by atoms with van der Waals surface area (Å²) in [6.45, 7) is -0.692. The molecule has 0 aliphatic carbocycles. The molecule has 4 aromatic rings. The lowest BCUT2D eigenvalue weighted by Crippen LogP contribution is -2.33. The average Bonchev–Trinajstić information content (AvgIpc) is 2.74. The number of nitrogens with one attached hydrogen (secondary N) is 1. The Bertz CT molecular complexity index is 1280. The summed E-state index contributed by atoms with van der Waals surface area (Å²) >= 11 is 0. The lowest BCUT2D eigenvalue weighted by atomic mass is 10.0. The third-order valence-corrected chi connectivity index (χ3v) is 4.75. The summed E-state index contributed by atoms with van der Waals surface area (Å²) in [5, 5.41) is 8.74. The van der Waals surface area contributed by atoms with Crippen molar-refractivity contribution in [3.05, 3.63) is 100 Å². The molecule has 150 valence electrons. The van der Waals surface area contributed by atoms with Gasteiger partial charge in [-0.15, -0.1) is 0 Å². The van der Waals surface area contributed by atoms with E-state index in [-0.39, 0.29) is 18.7 Å². The summed E-state index contributed by atoms with van der Waals surface area (Å²) < 4.78 is 28.4. The first kappa shape index (κ1) is 19.4. The fourth-order valence-electron chi connectivity index (χ4n) is 3.23. The Hall–Kier alpha value is -3.87. The van der Waals surface area contributed by atoms with Crippen molar-refractivity contribution in [1.29, 1.82) is 0 Å². The summed E-state index contributed by atoms with van der Waals surface area (Å²) in [6.07, 6.45) is 0. The van der Waals surface area contributed by atoms with Crippen LogP contribution < -0.4 is 10.9 Å². The molecule has 0 bridgehead atoms. The Balaban J connectivity index is 1.56. The van der Waals surface area contributed by atoms with Gasteiger partial charge in [0.1, 0.15) is 18.2 Å². The molecular formula is C23H17F2N3O2. The second-order valence-corrected chi connectivity index (χ2v) is 6.72. The third kappa shape index (κ3) is 3.96. The van der Waals surface area contributed by atoms with E-state index in [1.54, 1.807) is 6.07 Å². The minimum absolute atomic E-state index is 0.240. The van der Waals surface area contributed by atoms with Crippen LogP contribution in [-0.2, 0) is 17.9 Å². The first-order chi connectivity index (χ1) is 14.5. The molecule has 0 saturated carbocycles. The van der Waals surface area contributed by atoms with Crippen molar-refractivity contribution in [2.75, 3.05) is 0 Å². The molecule has 1 amide bonds. The van der Waals surface area contributed by atoms with Crippen molar-refractivity contribution < 1.29 is 13.6 Å². The van der Waals surface area contributed by atoms with Crippen molar-refractivity contribution in [2.45, 2.75) is 13.1 Å². The van der Waals surface area contributed by atoms with Crippen molar-refractivity contribution in [2.24, 2.45) is 0 Å². The van der Waals surface area contributed by atoms with E-state index in [1.165, 1.54) is 12.1 Å². The van der Waals surface area contributed by atoms with E-state index in [0.29, 0.717) is 5.69 Å². The quantitative estimate of drug-likeness (QED) is 0.551. The number of hydrogen-bond donors (Lipinski definition) is 1. The Morgan fingerprint density at radius 3 is 2.40 bits per heavy atom. The molecule has 0 spiro atoms. The van der Waals surface area contributed by atoms with Gasteiger partial charge in [-0.1, -0.05) is 48.5 Å². The zero-order valence-corrected chi connectivity index (χ0v) is 15.8. The average molecular weight is 405 g/mol. The van der Waals surface area contributed by atoms with Crippen molar-refractivity contribution >= 4 is 16.7 Å². The Morgan fingerprint density at radius 2 is 1.60 bits per heavy atom. The standard InChI is InChI=1S/C23H17F2N3O2/c24-19-9-4-10-20(25)18(19)13-26-22(29)14-28-23(30)12-11-21(27-28)17-8-3-6-15-5-1-2-7-16(15)17/h1-12H,13-14H2,(H,26,29). The summed E-state index contributed by atoms with van der Waals surface area (Å²) in [4.78, 5) is 24.4. The molecule has 4 rings (SSSR count). The minimum Gasteiger partial charge on any atom is -0.350 e. The third-order valence-electron chi connectivity index (χ3n) is 4.75. The number of rotatable bonds is 5. The lowest BCUT2D eigenvalue weighted by Gasteiger charge is -2.10. The molecule has 30 heavy (non-hydrogen) atoms. The van der Waals surface area contributed by atoms with Gasteiger partial charge >= 0.3 is 0 Å². The van der Waals surface area contributed by atoms with Crippen LogP contribution in [0.5, 0.6) is 0 Å². The van der Waals surface area contributed by atoms with Crippen molar-refractivity contribution in [3.8, 4) is 11.3 Å². The molecule has 0 aliphatic rings. The number of aromatic nitrogens is 2. The van der Waals surface area contributed by atoms with Crippen molar-refractivity contribution in [1.82, 2.24) is 15.1 Å². The van der Waals surface area contributed by atoms with Crippen LogP contribution in [0.25, 0.3) is 22.0 Å². The van der Waals surface area contributed by atoms with E-state index >= 15 is 0 Å². The monoisotopic (exact) mass is 405 g/mol. The smallest absolute Gasteiger partial charge is 0.267 e. The Kier molecular flexibility index (Phi) is 5.34. The van der Waals surface area contributed by atoms with E-state index in [0.717, 1.165) is 33.2 Å². The van der Waals surface area contributed by atoms with E-state index in [4.69, 9.17) is 0 Å². The van der Waals surface area contributed by atoms with Gasteiger partial charge in [0.25, 0.3) is 5.56 Å². The molecule has 0 fully saturated rings. The maximum absolute atomic E-state index is 13.7. The molecule has 0 radical (unpaired) electrons. The van der Waals surface area contributed by atoms with Gasteiger partial charge < -0.3 is 5.32 Å². The highest BCUT2D eigenvalue weighted by molar-refractivity contribution is 5.95. The van der Waals surface area contributed by atoms with Crippen LogP contribution in [0.2, 0.25) is 0 Å². The van der Waals surface area contributed by atoms with Crippen LogP contribution >= 0.6 is 0 Å². The highest BCUT2D eigenvalue weighted by atomic mass is 19.1. The highest BCUT2D eigenvalue weighted by Crippen LogP contribution is 2.26. The van der Waals surface area contributed by atoms with Gasteiger partial charge in [-0.3, -0.25) is 9.59 Å². The number of amides is 1. The SMILES string of the molecule is O=C(Cn1nc(-c2cccc3ccccc23)ccc1=O)NCc1c(F)cccc1F. The first-order valence-corrected chi connectivity index (χ1v) is 9.29. The number of benzene rings is 3. The molecule has 0 atom stereocenters. The number of halogens is 2. The lowest BCUT2D eigenvalue weighted by molar-refractivity contribution is -0.122. The summed E-state index contributed by atoms with van der Waals surface area (Å²) in [5.41, 5.74) is 0.678. The normalized spacial score (nSPS) is 10.9. The van der Waals surface area contributed by atoms with E-state index in [1.807, 2.05) is 42.5 Å². The van der Waals surface area contributed by atoms with Crippen molar-refractivity contribution in [3.63, 3.8) is 0 Å². The molecule has 1 N–H and O–H groups in total. The van der Waals surface area contributed by atoms with Gasteiger partial charge in [-0.25, -0.2) is 13.5 Å². The fourth-order valence-corrected chi connectivity index (χ4v) is 3.23. The maximum atomic E-state index is 13.7. The van der Waals surface area contributed by atoms with Crippen LogP contribution in [0.1, 0.15) is 5.56 Å². The van der Waals surface area contributed by atoms with E-state index < -0.39 is 23.1 Å². The number of fused-ring (bicyclic) bond motifs is 1. The summed E-state index contributed by atoms with van der Waals surface area (Å²) in [6, 6.07) is 20.0. The molecule has 1 aromatic heterocycles. The van der Waals surface area contributed by atoms with Crippen LogP contribution in [0, 0.1) is 11.6 Å². The summed E-state index contributed by atoms with van der Waals surface area (Å²) in [5.74, 6) is -2.07. The predicted octanol–water partition coefficient (Wildman–Crippen LogP) is 3.66. The molecular weight excluding hydrogens is 388 g/mol. The zero-order chi connectivity index (χ0) is 21.1. The molecule has 0 unspecified atom stereocenters. The molecule has 3 aromatic carbocycles. The minimum atomic E-state index is -0.747. The number of nitrogens with zero attached hydrogens (tertiary/aromatic N) is 2.